The Morgan fingerprint density at radius 3 is 2.47 bits per heavy atom. The van der Waals surface area contributed by atoms with Gasteiger partial charge in [-0.3, -0.25) is 4.72 Å². The summed E-state index contributed by atoms with van der Waals surface area (Å²) in [4.78, 5) is 3.55. The van der Waals surface area contributed by atoms with Crippen LogP contribution in [0.3, 0.4) is 0 Å². The molecule has 100 valence electrons. The smallest absolute Gasteiger partial charge is 0.278 e. The molecule has 1 N–H and O–H groups in total. The van der Waals surface area contributed by atoms with Gasteiger partial charge in [0.15, 0.2) is 5.82 Å². The molecule has 2 rings (SSSR count). The topological polar surface area (TPSA) is 59.1 Å². The first-order valence-corrected chi connectivity index (χ1v) is 7.23. The highest BCUT2D eigenvalue weighted by atomic mass is 32.2. The Morgan fingerprint density at radius 2 is 1.89 bits per heavy atom. The van der Waals surface area contributed by atoms with Crippen LogP contribution in [0.5, 0.6) is 0 Å². The Bertz CT molecular complexity index is 669. The zero-order valence-electron chi connectivity index (χ0n) is 10.3. The van der Waals surface area contributed by atoms with E-state index in [2.05, 4.69) is 9.71 Å². The lowest BCUT2D eigenvalue weighted by Gasteiger charge is -2.08. The van der Waals surface area contributed by atoms with Crippen LogP contribution in [0.1, 0.15) is 12.5 Å². The molecule has 0 radical (unpaired) electrons. The van der Waals surface area contributed by atoms with Gasteiger partial charge in [0, 0.05) is 11.9 Å². The number of nitrogens with zero attached hydrogens (tertiary/aromatic N) is 1. The van der Waals surface area contributed by atoms with Crippen molar-refractivity contribution in [3.63, 3.8) is 0 Å². The molecule has 0 amide bonds. The number of pyridine rings is 1. The summed E-state index contributed by atoms with van der Waals surface area (Å²) in [5.74, 6) is -0.875. The van der Waals surface area contributed by atoms with Crippen molar-refractivity contribution in [2.75, 3.05) is 4.72 Å². The molecule has 0 atom stereocenters. The zero-order chi connectivity index (χ0) is 13.9. The van der Waals surface area contributed by atoms with Crippen molar-refractivity contribution in [1.29, 1.82) is 0 Å². The Morgan fingerprint density at radius 1 is 1.21 bits per heavy atom. The maximum atomic E-state index is 13.4. The van der Waals surface area contributed by atoms with Gasteiger partial charge in [-0.05, 0) is 36.2 Å². The Balaban J connectivity index is 2.28. The summed E-state index contributed by atoms with van der Waals surface area (Å²) in [5, 5.41) is -0.602. The van der Waals surface area contributed by atoms with Crippen molar-refractivity contribution in [3.05, 3.63) is 54.0 Å². The average molecular weight is 280 g/mol. The van der Waals surface area contributed by atoms with Gasteiger partial charge in [-0.1, -0.05) is 19.1 Å². The lowest BCUT2D eigenvalue weighted by atomic mass is 10.2. The minimum absolute atomic E-state index is 0.377. The number of hydrogen-bond donors (Lipinski definition) is 1. The second-order valence-electron chi connectivity index (χ2n) is 3.95. The molecular weight excluding hydrogens is 267 g/mol. The first-order chi connectivity index (χ1) is 9.03. The van der Waals surface area contributed by atoms with Crippen LogP contribution >= 0.6 is 0 Å². The van der Waals surface area contributed by atoms with Crippen LogP contribution in [0.4, 0.5) is 10.1 Å². The molecule has 0 unspecified atom stereocenters. The zero-order valence-corrected chi connectivity index (χ0v) is 11.1. The third-order valence-corrected chi connectivity index (χ3v) is 3.91. The molecule has 1 heterocycles. The molecule has 6 heteroatoms. The number of anilines is 1. The summed E-state index contributed by atoms with van der Waals surface area (Å²) < 4.78 is 39.6. The van der Waals surface area contributed by atoms with Crippen LogP contribution in [-0.4, -0.2) is 13.4 Å². The summed E-state index contributed by atoms with van der Waals surface area (Å²) in [6.07, 6.45) is 2.10. The number of aromatic nitrogens is 1. The van der Waals surface area contributed by atoms with E-state index in [1.807, 2.05) is 19.1 Å². The Labute approximate surface area is 111 Å². The van der Waals surface area contributed by atoms with E-state index in [1.54, 1.807) is 12.1 Å². The highest BCUT2D eigenvalue weighted by Gasteiger charge is 2.20. The molecule has 0 saturated carbocycles. The van der Waals surface area contributed by atoms with Gasteiger partial charge in [0.05, 0.1) is 0 Å². The Hall–Kier alpha value is -1.95. The van der Waals surface area contributed by atoms with Gasteiger partial charge < -0.3 is 0 Å². The largest absolute Gasteiger partial charge is 0.282 e. The van der Waals surface area contributed by atoms with Crippen molar-refractivity contribution >= 4 is 15.7 Å². The van der Waals surface area contributed by atoms with Gasteiger partial charge in [0.2, 0.25) is 5.03 Å². The first-order valence-electron chi connectivity index (χ1n) is 5.75. The molecule has 4 nitrogen and oxygen atoms in total. The molecule has 19 heavy (non-hydrogen) atoms. The number of benzene rings is 1. The highest BCUT2D eigenvalue weighted by Crippen LogP contribution is 2.17. The average Bonchev–Trinajstić information content (AvgIpc) is 2.39. The van der Waals surface area contributed by atoms with E-state index in [0.717, 1.165) is 18.1 Å². The molecule has 1 aromatic carbocycles. The van der Waals surface area contributed by atoms with E-state index >= 15 is 0 Å². The molecule has 0 aliphatic heterocycles. The number of nitrogens with one attached hydrogen (secondary N) is 1. The predicted octanol–water partition coefficient (Wildman–Crippen LogP) is 2.58. The third kappa shape index (κ3) is 3.08. The number of halogens is 1. The van der Waals surface area contributed by atoms with E-state index in [-0.39, 0.29) is 0 Å². The van der Waals surface area contributed by atoms with E-state index in [0.29, 0.717) is 5.69 Å². The number of sulfonamides is 1. The monoisotopic (exact) mass is 280 g/mol. The van der Waals surface area contributed by atoms with Crippen LogP contribution in [0, 0.1) is 5.82 Å². The third-order valence-electron chi connectivity index (χ3n) is 2.59. The lowest BCUT2D eigenvalue weighted by molar-refractivity contribution is 0.557. The van der Waals surface area contributed by atoms with Crippen molar-refractivity contribution in [3.8, 4) is 0 Å². The minimum atomic E-state index is -4.00. The molecule has 0 bridgehead atoms. The Kier molecular flexibility index (Phi) is 3.80. The quantitative estimate of drug-likeness (QED) is 0.936. The van der Waals surface area contributed by atoms with Gasteiger partial charge in [-0.2, -0.15) is 8.42 Å². The van der Waals surface area contributed by atoms with Crippen molar-refractivity contribution in [2.24, 2.45) is 0 Å². The van der Waals surface area contributed by atoms with Crippen LogP contribution < -0.4 is 4.72 Å². The summed E-state index contributed by atoms with van der Waals surface area (Å²) >= 11 is 0. The van der Waals surface area contributed by atoms with Crippen LogP contribution in [0.15, 0.2) is 47.6 Å². The minimum Gasteiger partial charge on any atom is -0.278 e. The molecule has 0 fully saturated rings. The van der Waals surface area contributed by atoms with E-state index in [9.17, 15) is 12.8 Å². The van der Waals surface area contributed by atoms with Gasteiger partial charge in [0.25, 0.3) is 10.0 Å². The number of aryl methyl sites for hydroxylation is 1. The van der Waals surface area contributed by atoms with Gasteiger partial charge in [-0.25, -0.2) is 9.37 Å². The van der Waals surface area contributed by atoms with Crippen molar-refractivity contribution in [1.82, 2.24) is 4.98 Å². The maximum absolute atomic E-state index is 13.4. The van der Waals surface area contributed by atoms with E-state index < -0.39 is 20.9 Å². The second kappa shape index (κ2) is 5.36. The molecule has 0 aliphatic carbocycles. The molecule has 0 saturated heterocycles. The fourth-order valence-corrected chi connectivity index (χ4v) is 2.65. The summed E-state index contributed by atoms with van der Waals surface area (Å²) in [6.45, 7) is 2.00. The molecule has 0 spiro atoms. The molecular formula is C13H13FN2O2S. The number of rotatable bonds is 4. The standard InChI is InChI=1S/C13H13FN2O2S/c1-2-10-5-7-11(8-6-10)16-19(17,18)13-12(14)4-3-9-15-13/h3-9,16H,2H2,1H3. The lowest BCUT2D eigenvalue weighted by Crippen LogP contribution is -2.16. The van der Waals surface area contributed by atoms with E-state index in [1.165, 1.54) is 12.3 Å². The normalized spacial score (nSPS) is 11.3. The van der Waals surface area contributed by atoms with Gasteiger partial charge in [0.1, 0.15) is 0 Å². The molecule has 0 aliphatic rings. The number of hydrogen-bond acceptors (Lipinski definition) is 3. The molecule has 1 aromatic heterocycles. The second-order valence-corrected chi connectivity index (χ2v) is 5.54. The van der Waals surface area contributed by atoms with Crippen molar-refractivity contribution in [2.45, 2.75) is 18.4 Å². The predicted molar refractivity (Wildman–Crippen MR) is 70.8 cm³/mol. The summed E-state index contributed by atoms with van der Waals surface area (Å²) in [6, 6.07) is 9.29. The van der Waals surface area contributed by atoms with Crippen LogP contribution in [0.25, 0.3) is 0 Å². The molecule has 2 aromatic rings. The van der Waals surface area contributed by atoms with E-state index in [4.69, 9.17) is 0 Å². The summed E-state index contributed by atoms with van der Waals surface area (Å²) in [5.41, 5.74) is 1.47. The fraction of sp³-hybridized carbons (Fsp3) is 0.154. The maximum Gasteiger partial charge on any atom is 0.282 e. The summed E-state index contributed by atoms with van der Waals surface area (Å²) in [7, 11) is -4.00. The van der Waals surface area contributed by atoms with Gasteiger partial charge >= 0.3 is 0 Å². The van der Waals surface area contributed by atoms with Crippen LogP contribution in [-0.2, 0) is 16.4 Å². The fourth-order valence-electron chi connectivity index (χ4n) is 1.58. The SMILES string of the molecule is CCc1ccc(NS(=O)(=O)c2ncccc2F)cc1. The first kappa shape index (κ1) is 13.5. The van der Waals surface area contributed by atoms with Crippen LogP contribution in [0.2, 0.25) is 0 Å². The highest BCUT2D eigenvalue weighted by molar-refractivity contribution is 7.92. The van der Waals surface area contributed by atoms with Gasteiger partial charge in [-0.15, -0.1) is 0 Å². The van der Waals surface area contributed by atoms with Crippen molar-refractivity contribution < 1.29 is 12.8 Å².